The average molecular weight is 322 g/mol. The molecule has 0 bridgehead atoms. The smallest absolute Gasteiger partial charge is 0.358 e. The Balaban J connectivity index is 1.72. The van der Waals surface area contributed by atoms with Crippen LogP contribution in [0, 0.1) is 0 Å². The van der Waals surface area contributed by atoms with E-state index in [1.54, 1.807) is 7.11 Å². The highest BCUT2D eigenvalue weighted by atomic mass is 16.5. The second-order valence-corrected chi connectivity index (χ2v) is 5.98. The highest BCUT2D eigenvalue weighted by Gasteiger charge is 2.27. The van der Waals surface area contributed by atoms with Crippen LogP contribution >= 0.6 is 0 Å². The molecule has 0 aliphatic carbocycles. The summed E-state index contributed by atoms with van der Waals surface area (Å²) < 4.78 is 9.51. The maximum atomic E-state index is 12.7. The number of hydrogen-bond donors (Lipinski definition) is 1. The standard InChI is InChI=1S/C19H19N3O2/c1-24-15-9-7-14(8-10-15)18(23)13-22-17-6-3-2-5-16(17)21-12-4-11-20-19(21)22/h2-3,5-10H,4,11-13H2,1H3/p+1. The summed E-state index contributed by atoms with van der Waals surface area (Å²) in [5, 5.41) is 3.45. The molecule has 122 valence electrons. The van der Waals surface area contributed by atoms with Crippen LogP contribution in [0.25, 0.3) is 11.0 Å². The number of ketones is 1. The third kappa shape index (κ3) is 2.42. The Morgan fingerprint density at radius 1 is 1.21 bits per heavy atom. The fourth-order valence-corrected chi connectivity index (χ4v) is 3.32. The van der Waals surface area contributed by atoms with Gasteiger partial charge in [-0.3, -0.25) is 10.1 Å². The number of carbonyl (C=O) groups is 1. The minimum Gasteiger partial charge on any atom is -0.497 e. The number of Topliss-reactive ketones (excluding diaryl/α,β-unsaturated/α-hetero) is 1. The van der Waals surface area contributed by atoms with E-state index in [1.165, 1.54) is 5.52 Å². The largest absolute Gasteiger partial charge is 0.497 e. The lowest BCUT2D eigenvalue weighted by molar-refractivity contribution is -0.661. The normalized spacial score (nSPS) is 13.4. The second kappa shape index (κ2) is 6.00. The van der Waals surface area contributed by atoms with Crippen molar-refractivity contribution in [2.45, 2.75) is 19.5 Å². The van der Waals surface area contributed by atoms with Crippen LogP contribution in [0.3, 0.4) is 0 Å². The van der Waals surface area contributed by atoms with Gasteiger partial charge >= 0.3 is 5.95 Å². The molecule has 0 radical (unpaired) electrons. The number of rotatable bonds is 4. The van der Waals surface area contributed by atoms with Crippen molar-refractivity contribution in [2.75, 3.05) is 19.0 Å². The third-order valence-corrected chi connectivity index (χ3v) is 4.53. The first kappa shape index (κ1) is 14.8. The zero-order valence-corrected chi connectivity index (χ0v) is 13.7. The van der Waals surface area contributed by atoms with Gasteiger partial charge < -0.3 is 4.74 Å². The topological polar surface area (TPSA) is 47.1 Å². The summed E-state index contributed by atoms with van der Waals surface area (Å²) >= 11 is 0. The Bertz CT molecular complexity index is 897. The van der Waals surface area contributed by atoms with E-state index in [1.807, 2.05) is 36.4 Å². The quantitative estimate of drug-likeness (QED) is 0.593. The van der Waals surface area contributed by atoms with Crippen LogP contribution in [0.5, 0.6) is 5.75 Å². The van der Waals surface area contributed by atoms with Gasteiger partial charge in [-0.15, -0.1) is 0 Å². The summed E-state index contributed by atoms with van der Waals surface area (Å²) in [5.74, 6) is 1.87. The molecule has 0 amide bonds. The first-order chi connectivity index (χ1) is 11.8. The van der Waals surface area contributed by atoms with E-state index in [-0.39, 0.29) is 5.78 Å². The van der Waals surface area contributed by atoms with Crippen LogP contribution in [-0.4, -0.2) is 24.0 Å². The van der Waals surface area contributed by atoms with Crippen LogP contribution in [0.2, 0.25) is 0 Å². The summed E-state index contributed by atoms with van der Waals surface area (Å²) in [6.07, 6.45) is 1.10. The molecule has 1 N–H and O–H groups in total. The Morgan fingerprint density at radius 3 is 2.79 bits per heavy atom. The van der Waals surface area contributed by atoms with E-state index >= 15 is 0 Å². The molecule has 5 heteroatoms. The molecular weight excluding hydrogens is 302 g/mol. The Hall–Kier alpha value is -2.82. The van der Waals surface area contributed by atoms with Crippen molar-refractivity contribution < 1.29 is 14.1 Å². The molecule has 4 rings (SSSR count). The maximum Gasteiger partial charge on any atom is 0.358 e. The summed E-state index contributed by atoms with van der Waals surface area (Å²) in [6, 6.07) is 15.5. The van der Waals surface area contributed by atoms with E-state index in [4.69, 9.17) is 4.74 Å². The zero-order chi connectivity index (χ0) is 16.5. The van der Waals surface area contributed by atoms with Crippen molar-refractivity contribution in [1.29, 1.82) is 0 Å². The third-order valence-electron chi connectivity index (χ3n) is 4.53. The highest BCUT2D eigenvalue weighted by Crippen LogP contribution is 2.21. The number of hydrogen-bond acceptors (Lipinski definition) is 3. The number of nitrogens with one attached hydrogen (secondary N) is 1. The minimum atomic E-state index is 0.0918. The number of nitrogens with zero attached hydrogens (tertiary/aromatic N) is 2. The fraction of sp³-hybridized carbons (Fsp3) is 0.263. The number of aromatic nitrogens is 2. The first-order valence-electron chi connectivity index (χ1n) is 8.20. The predicted octanol–water partition coefficient (Wildman–Crippen LogP) is 2.64. The zero-order valence-electron chi connectivity index (χ0n) is 13.7. The van der Waals surface area contributed by atoms with Gasteiger partial charge in [-0.25, -0.2) is 9.13 Å². The number of imidazole rings is 1. The molecule has 2 aromatic carbocycles. The number of para-hydroxylation sites is 2. The molecule has 24 heavy (non-hydrogen) atoms. The van der Waals surface area contributed by atoms with Gasteiger partial charge in [0.2, 0.25) is 0 Å². The monoisotopic (exact) mass is 322 g/mol. The van der Waals surface area contributed by atoms with Gasteiger partial charge in [0.1, 0.15) is 23.3 Å². The molecule has 2 heterocycles. The van der Waals surface area contributed by atoms with E-state index in [0.29, 0.717) is 12.1 Å². The molecule has 0 spiro atoms. The summed E-state index contributed by atoms with van der Waals surface area (Å²) in [5.41, 5.74) is 2.95. The SMILES string of the molecule is COc1ccc(C(=O)Cn2c3[n+](c4ccccc42)CCCN3)cc1. The van der Waals surface area contributed by atoms with E-state index in [9.17, 15) is 4.79 Å². The van der Waals surface area contributed by atoms with Crippen LogP contribution in [0.4, 0.5) is 5.95 Å². The first-order valence-corrected chi connectivity index (χ1v) is 8.20. The molecule has 0 unspecified atom stereocenters. The van der Waals surface area contributed by atoms with E-state index in [2.05, 4.69) is 26.6 Å². The van der Waals surface area contributed by atoms with Crippen LogP contribution in [0.15, 0.2) is 48.5 Å². The number of ether oxygens (including phenoxy) is 1. The van der Waals surface area contributed by atoms with Gasteiger partial charge in [-0.2, -0.15) is 0 Å². The molecule has 3 aromatic rings. The van der Waals surface area contributed by atoms with Gasteiger partial charge in [0, 0.05) is 12.0 Å². The molecule has 1 aromatic heterocycles. The number of aryl methyl sites for hydroxylation is 1. The van der Waals surface area contributed by atoms with Gasteiger partial charge in [-0.05, 0) is 36.4 Å². The molecule has 0 atom stereocenters. The Kier molecular flexibility index (Phi) is 3.69. The number of carbonyl (C=O) groups excluding carboxylic acids is 1. The lowest BCUT2D eigenvalue weighted by atomic mass is 10.1. The average Bonchev–Trinajstić information content (AvgIpc) is 2.96. The van der Waals surface area contributed by atoms with Gasteiger partial charge in [0.15, 0.2) is 5.78 Å². The molecule has 1 aliphatic rings. The van der Waals surface area contributed by atoms with E-state index < -0.39 is 0 Å². The number of anilines is 1. The maximum absolute atomic E-state index is 12.7. The van der Waals surface area contributed by atoms with Crippen molar-refractivity contribution in [3.05, 3.63) is 54.1 Å². The van der Waals surface area contributed by atoms with Gasteiger partial charge in [0.05, 0.1) is 20.2 Å². The van der Waals surface area contributed by atoms with Crippen LogP contribution in [0.1, 0.15) is 16.8 Å². The predicted molar refractivity (Wildman–Crippen MR) is 92.6 cm³/mol. The van der Waals surface area contributed by atoms with E-state index in [0.717, 1.165) is 36.7 Å². The van der Waals surface area contributed by atoms with Gasteiger partial charge in [0.25, 0.3) is 0 Å². The van der Waals surface area contributed by atoms with Crippen molar-refractivity contribution in [2.24, 2.45) is 0 Å². The van der Waals surface area contributed by atoms with Crippen LogP contribution in [-0.2, 0) is 13.1 Å². The molecule has 0 fully saturated rings. The Morgan fingerprint density at radius 2 is 2.00 bits per heavy atom. The number of benzene rings is 2. The summed E-state index contributed by atoms with van der Waals surface area (Å²) in [6.45, 7) is 2.24. The minimum absolute atomic E-state index is 0.0918. The lowest BCUT2D eigenvalue weighted by Crippen LogP contribution is -2.42. The summed E-state index contributed by atoms with van der Waals surface area (Å²) in [7, 11) is 1.62. The van der Waals surface area contributed by atoms with Crippen molar-refractivity contribution in [3.8, 4) is 5.75 Å². The second-order valence-electron chi connectivity index (χ2n) is 5.98. The molecule has 5 nitrogen and oxygen atoms in total. The summed E-state index contributed by atoms with van der Waals surface area (Å²) in [4.78, 5) is 12.7. The molecule has 0 saturated heterocycles. The Labute approximate surface area is 140 Å². The van der Waals surface area contributed by atoms with Crippen molar-refractivity contribution >= 4 is 22.8 Å². The van der Waals surface area contributed by atoms with Crippen molar-refractivity contribution in [3.63, 3.8) is 0 Å². The van der Waals surface area contributed by atoms with Crippen LogP contribution < -0.4 is 14.6 Å². The molecule has 1 aliphatic heterocycles. The fourth-order valence-electron chi connectivity index (χ4n) is 3.32. The number of methoxy groups -OCH3 is 1. The highest BCUT2D eigenvalue weighted by molar-refractivity contribution is 5.97. The molecule has 0 saturated carbocycles. The van der Waals surface area contributed by atoms with Gasteiger partial charge in [-0.1, -0.05) is 12.1 Å². The number of fused-ring (bicyclic) bond motifs is 3. The van der Waals surface area contributed by atoms with Crippen molar-refractivity contribution in [1.82, 2.24) is 4.57 Å². The molecular formula is C19H20N3O2+. The lowest BCUT2D eigenvalue weighted by Gasteiger charge is -2.11.